The summed E-state index contributed by atoms with van der Waals surface area (Å²) in [6.07, 6.45) is 4.95. The molecule has 0 spiro atoms. The van der Waals surface area contributed by atoms with E-state index in [1.54, 1.807) is 35.3 Å². The van der Waals surface area contributed by atoms with Crippen LogP contribution in [0.2, 0.25) is 0 Å². The van der Waals surface area contributed by atoms with Crippen molar-refractivity contribution >= 4 is 23.1 Å². The van der Waals surface area contributed by atoms with Crippen LogP contribution in [-0.4, -0.2) is 26.9 Å². The van der Waals surface area contributed by atoms with Gasteiger partial charge in [0.15, 0.2) is 5.76 Å². The Morgan fingerprint density at radius 2 is 1.81 bits per heavy atom. The first-order valence-corrected chi connectivity index (χ1v) is 9.66. The second-order valence-corrected chi connectivity index (χ2v) is 6.78. The fourth-order valence-electron chi connectivity index (χ4n) is 3.20. The number of rotatable bonds is 5. The van der Waals surface area contributed by atoms with Crippen LogP contribution in [0, 0.1) is 0 Å². The maximum absolute atomic E-state index is 12.2. The Labute approximate surface area is 177 Å². The predicted molar refractivity (Wildman–Crippen MR) is 118 cm³/mol. The molecule has 0 fully saturated rings. The van der Waals surface area contributed by atoms with Crippen molar-refractivity contribution in [2.45, 2.75) is 0 Å². The Hall–Kier alpha value is -4.52. The quantitative estimate of drug-likeness (QED) is 0.345. The lowest BCUT2D eigenvalue weighted by Gasteiger charge is -1.98. The number of furan rings is 1. The molecule has 0 radical (unpaired) electrons. The molecule has 0 saturated carbocycles. The normalized spacial score (nSPS) is 11.2. The second kappa shape index (κ2) is 8.08. The summed E-state index contributed by atoms with van der Waals surface area (Å²) in [5.41, 5.74) is 5.79. The molecule has 0 saturated heterocycles. The number of carbonyl (C=O) groups excluding carboxylic acids is 1. The van der Waals surface area contributed by atoms with Crippen LogP contribution in [0.25, 0.3) is 28.1 Å². The van der Waals surface area contributed by atoms with Crippen LogP contribution in [0.15, 0.2) is 101 Å². The zero-order chi connectivity index (χ0) is 21.0. The van der Waals surface area contributed by atoms with Gasteiger partial charge in [0.05, 0.1) is 11.9 Å². The maximum atomic E-state index is 12.2. The SMILES string of the molecule is O=C(NN=Cc1cn(-c2ccccc2)nc1-c1cc2ccccc2o1)c1ccccn1. The van der Waals surface area contributed by atoms with E-state index in [2.05, 4.69) is 15.5 Å². The van der Waals surface area contributed by atoms with E-state index >= 15 is 0 Å². The van der Waals surface area contributed by atoms with Gasteiger partial charge in [0.2, 0.25) is 0 Å². The molecule has 0 atom stereocenters. The summed E-state index contributed by atoms with van der Waals surface area (Å²) < 4.78 is 7.76. The Morgan fingerprint density at radius 1 is 1.00 bits per heavy atom. The standard InChI is InChI=1S/C24H17N5O2/c30-24(20-11-6-7-13-25-20)27-26-15-18-16-29(19-9-2-1-3-10-19)28-23(18)22-14-17-8-4-5-12-21(17)31-22/h1-16H,(H,27,30). The van der Waals surface area contributed by atoms with Crippen molar-refractivity contribution < 1.29 is 9.21 Å². The zero-order valence-electron chi connectivity index (χ0n) is 16.3. The number of amides is 1. The molecule has 2 aromatic carbocycles. The monoisotopic (exact) mass is 407 g/mol. The van der Waals surface area contributed by atoms with Gasteiger partial charge < -0.3 is 4.42 Å². The van der Waals surface area contributed by atoms with Crippen molar-refractivity contribution in [3.05, 3.63) is 103 Å². The topological polar surface area (TPSA) is 85.3 Å². The van der Waals surface area contributed by atoms with E-state index in [1.807, 2.05) is 66.9 Å². The molecule has 31 heavy (non-hydrogen) atoms. The van der Waals surface area contributed by atoms with Crippen LogP contribution in [0.5, 0.6) is 0 Å². The molecule has 0 unspecified atom stereocenters. The lowest BCUT2D eigenvalue weighted by atomic mass is 10.2. The van der Waals surface area contributed by atoms with Gasteiger partial charge in [0, 0.05) is 23.3 Å². The molecule has 3 heterocycles. The van der Waals surface area contributed by atoms with Crippen molar-refractivity contribution in [2.24, 2.45) is 5.10 Å². The van der Waals surface area contributed by atoms with E-state index < -0.39 is 5.91 Å². The van der Waals surface area contributed by atoms with Crippen LogP contribution in [0.1, 0.15) is 16.1 Å². The molecule has 1 N–H and O–H groups in total. The summed E-state index contributed by atoms with van der Waals surface area (Å²) in [6.45, 7) is 0. The maximum Gasteiger partial charge on any atom is 0.289 e. The number of aromatic nitrogens is 3. The summed E-state index contributed by atoms with van der Waals surface area (Å²) >= 11 is 0. The number of para-hydroxylation sites is 2. The molecule has 5 aromatic rings. The molecular weight excluding hydrogens is 390 g/mol. The van der Waals surface area contributed by atoms with Crippen molar-refractivity contribution in [2.75, 3.05) is 0 Å². The van der Waals surface area contributed by atoms with Gasteiger partial charge in [-0.05, 0) is 36.4 Å². The Morgan fingerprint density at radius 3 is 2.61 bits per heavy atom. The summed E-state index contributed by atoms with van der Waals surface area (Å²) in [4.78, 5) is 16.2. The molecule has 0 aliphatic heterocycles. The van der Waals surface area contributed by atoms with Crippen molar-refractivity contribution in [1.29, 1.82) is 0 Å². The van der Waals surface area contributed by atoms with Gasteiger partial charge in [-0.25, -0.2) is 10.1 Å². The average molecular weight is 407 g/mol. The van der Waals surface area contributed by atoms with Crippen LogP contribution in [-0.2, 0) is 0 Å². The summed E-state index contributed by atoms with van der Waals surface area (Å²) in [7, 11) is 0. The highest BCUT2D eigenvalue weighted by Crippen LogP contribution is 2.29. The number of hydrogen-bond donors (Lipinski definition) is 1. The molecule has 7 heteroatoms. The van der Waals surface area contributed by atoms with E-state index in [0.29, 0.717) is 17.0 Å². The lowest BCUT2D eigenvalue weighted by molar-refractivity contribution is 0.0950. The summed E-state index contributed by atoms with van der Waals surface area (Å²) in [5.74, 6) is 0.228. The molecule has 7 nitrogen and oxygen atoms in total. The van der Waals surface area contributed by atoms with Gasteiger partial charge in [-0.15, -0.1) is 0 Å². The van der Waals surface area contributed by atoms with Gasteiger partial charge >= 0.3 is 0 Å². The largest absolute Gasteiger partial charge is 0.454 e. The van der Waals surface area contributed by atoms with Crippen molar-refractivity contribution in [3.8, 4) is 17.1 Å². The van der Waals surface area contributed by atoms with Gasteiger partial charge in [0.25, 0.3) is 5.91 Å². The molecular formula is C24H17N5O2. The number of fused-ring (bicyclic) bond motifs is 1. The Bertz CT molecular complexity index is 1340. The Kier molecular flexibility index (Phi) is 4.82. The number of hydrazone groups is 1. The average Bonchev–Trinajstić information content (AvgIpc) is 3.44. The van der Waals surface area contributed by atoms with Gasteiger partial charge in [0.1, 0.15) is 17.0 Å². The Balaban J connectivity index is 1.50. The number of pyridine rings is 1. The van der Waals surface area contributed by atoms with E-state index in [0.717, 1.165) is 16.7 Å². The zero-order valence-corrected chi connectivity index (χ0v) is 16.3. The first-order valence-electron chi connectivity index (χ1n) is 9.66. The molecule has 150 valence electrons. The molecule has 3 aromatic heterocycles. The highest BCUT2D eigenvalue weighted by Gasteiger charge is 2.15. The smallest absolute Gasteiger partial charge is 0.289 e. The number of nitrogens with zero attached hydrogens (tertiary/aromatic N) is 4. The second-order valence-electron chi connectivity index (χ2n) is 6.78. The van der Waals surface area contributed by atoms with Gasteiger partial charge in [-0.3, -0.25) is 9.78 Å². The van der Waals surface area contributed by atoms with Crippen LogP contribution < -0.4 is 5.43 Å². The minimum atomic E-state index is -0.391. The predicted octanol–water partition coefficient (Wildman–Crippen LogP) is 4.44. The summed E-state index contributed by atoms with van der Waals surface area (Å²) in [5, 5.41) is 9.80. The van der Waals surface area contributed by atoms with E-state index in [1.165, 1.54) is 0 Å². The molecule has 0 aliphatic rings. The van der Waals surface area contributed by atoms with Crippen molar-refractivity contribution in [1.82, 2.24) is 20.2 Å². The minimum Gasteiger partial charge on any atom is -0.454 e. The fraction of sp³-hybridized carbons (Fsp3) is 0. The third-order valence-electron chi connectivity index (χ3n) is 4.69. The first kappa shape index (κ1) is 18.5. The lowest BCUT2D eigenvalue weighted by Crippen LogP contribution is -2.18. The molecule has 0 bridgehead atoms. The first-order chi connectivity index (χ1) is 15.3. The fourth-order valence-corrected chi connectivity index (χ4v) is 3.20. The third kappa shape index (κ3) is 3.84. The molecule has 5 rings (SSSR count). The third-order valence-corrected chi connectivity index (χ3v) is 4.69. The summed E-state index contributed by atoms with van der Waals surface area (Å²) in [6, 6.07) is 24.6. The van der Waals surface area contributed by atoms with Gasteiger partial charge in [-0.2, -0.15) is 10.2 Å². The van der Waals surface area contributed by atoms with E-state index in [4.69, 9.17) is 9.52 Å². The van der Waals surface area contributed by atoms with E-state index in [-0.39, 0.29) is 5.69 Å². The minimum absolute atomic E-state index is 0.289. The van der Waals surface area contributed by atoms with Crippen LogP contribution in [0.4, 0.5) is 0 Å². The number of carbonyl (C=O) groups is 1. The van der Waals surface area contributed by atoms with Gasteiger partial charge in [-0.1, -0.05) is 42.5 Å². The van der Waals surface area contributed by atoms with Crippen LogP contribution >= 0.6 is 0 Å². The van der Waals surface area contributed by atoms with E-state index in [9.17, 15) is 4.79 Å². The molecule has 1 amide bonds. The number of hydrogen-bond acceptors (Lipinski definition) is 5. The van der Waals surface area contributed by atoms with Crippen LogP contribution in [0.3, 0.4) is 0 Å². The van der Waals surface area contributed by atoms with Crippen molar-refractivity contribution in [3.63, 3.8) is 0 Å². The number of nitrogens with one attached hydrogen (secondary N) is 1. The highest BCUT2D eigenvalue weighted by molar-refractivity contribution is 5.94. The highest BCUT2D eigenvalue weighted by atomic mass is 16.3. The number of benzene rings is 2. The molecule has 0 aliphatic carbocycles.